The van der Waals surface area contributed by atoms with Crippen molar-refractivity contribution in [2.75, 3.05) is 27.0 Å². The summed E-state index contributed by atoms with van der Waals surface area (Å²) in [7, 11) is 1.68. The molecule has 0 spiro atoms. The van der Waals surface area contributed by atoms with Gasteiger partial charge in [0, 0.05) is 13.7 Å². The fourth-order valence-electron chi connectivity index (χ4n) is 1.13. The Morgan fingerprint density at radius 1 is 1.21 bits per heavy atom. The number of methoxy groups -OCH3 is 1. The molecular formula is C11H17NO2. The molecule has 1 aliphatic rings. The third-order valence-corrected chi connectivity index (χ3v) is 1.81. The van der Waals surface area contributed by atoms with Crippen molar-refractivity contribution in [2.24, 2.45) is 0 Å². The summed E-state index contributed by atoms with van der Waals surface area (Å²) in [5, 5.41) is 3.05. The molecule has 0 amide bonds. The highest BCUT2D eigenvalue weighted by Crippen LogP contribution is 1.95. The van der Waals surface area contributed by atoms with Crippen LogP contribution in [-0.4, -0.2) is 33.1 Å². The van der Waals surface area contributed by atoms with Gasteiger partial charge in [-0.3, -0.25) is 5.32 Å². The maximum absolute atomic E-state index is 5.16. The van der Waals surface area contributed by atoms with Crippen LogP contribution in [-0.2, 0) is 9.47 Å². The first kappa shape index (κ1) is 11.2. The van der Waals surface area contributed by atoms with E-state index in [1.54, 1.807) is 7.11 Å². The molecule has 1 aliphatic heterocycles. The highest BCUT2D eigenvalue weighted by Gasteiger charge is 2.12. The van der Waals surface area contributed by atoms with E-state index >= 15 is 0 Å². The molecular weight excluding hydrogens is 178 g/mol. The molecule has 1 aromatic carbocycles. The molecule has 2 rings (SSSR count). The van der Waals surface area contributed by atoms with Gasteiger partial charge < -0.3 is 9.47 Å². The highest BCUT2D eigenvalue weighted by atomic mass is 16.5. The normalized spacial score (nSPS) is 19.9. The maximum atomic E-state index is 5.16. The van der Waals surface area contributed by atoms with E-state index in [1.807, 2.05) is 36.4 Å². The van der Waals surface area contributed by atoms with Gasteiger partial charge in [-0.05, 0) is 0 Å². The number of ether oxygens (including phenoxy) is 2. The molecule has 0 aliphatic carbocycles. The van der Waals surface area contributed by atoms with Gasteiger partial charge in [0.1, 0.15) is 0 Å². The summed E-state index contributed by atoms with van der Waals surface area (Å²) in [6.45, 7) is 2.30. The Hall–Kier alpha value is -0.900. The van der Waals surface area contributed by atoms with Gasteiger partial charge in [0.2, 0.25) is 0 Å². The number of hydrogen-bond acceptors (Lipinski definition) is 3. The quantitative estimate of drug-likeness (QED) is 0.770. The van der Waals surface area contributed by atoms with Crippen LogP contribution in [0.15, 0.2) is 36.4 Å². The van der Waals surface area contributed by atoms with Gasteiger partial charge in [0.25, 0.3) is 0 Å². The van der Waals surface area contributed by atoms with Crippen molar-refractivity contribution in [3.8, 4) is 0 Å². The van der Waals surface area contributed by atoms with E-state index in [4.69, 9.17) is 9.47 Å². The lowest BCUT2D eigenvalue weighted by molar-refractivity contribution is 0.0420. The standard InChI is InChI=1S/C6H6.C5H11NO2/c1-2-4-6-5-3-1;1-7-3-5-2-6-4-8-5/h1-6H;5-6H,2-4H2,1H3. The molecule has 3 heteroatoms. The van der Waals surface area contributed by atoms with Gasteiger partial charge in [-0.2, -0.15) is 0 Å². The van der Waals surface area contributed by atoms with E-state index in [9.17, 15) is 0 Å². The van der Waals surface area contributed by atoms with Crippen LogP contribution in [0.1, 0.15) is 0 Å². The molecule has 1 atom stereocenters. The van der Waals surface area contributed by atoms with Crippen molar-refractivity contribution in [2.45, 2.75) is 6.10 Å². The van der Waals surface area contributed by atoms with E-state index in [0.29, 0.717) is 13.3 Å². The van der Waals surface area contributed by atoms with Crippen LogP contribution in [0.5, 0.6) is 0 Å². The zero-order valence-corrected chi connectivity index (χ0v) is 8.48. The molecule has 0 bridgehead atoms. The molecule has 1 saturated heterocycles. The Bertz CT molecular complexity index is 183. The van der Waals surface area contributed by atoms with Gasteiger partial charge in [-0.1, -0.05) is 36.4 Å². The first-order valence-corrected chi connectivity index (χ1v) is 4.74. The predicted octanol–water partition coefficient (Wildman–Crippen LogP) is 1.27. The molecule has 3 nitrogen and oxygen atoms in total. The van der Waals surface area contributed by atoms with E-state index in [0.717, 1.165) is 6.54 Å². The third-order valence-electron chi connectivity index (χ3n) is 1.81. The van der Waals surface area contributed by atoms with Crippen LogP contribution < -0.4 is 5.32 Å². The summed E-state index contributed by atoms with van der Waals surface area (Å²) in [5.41, 5.74) is 0. The fourth-order valence-corrected chi connectivity index (χ4v) is 1.13. The summed E-state index contributed by atoms with van der Waals surface area (Å²) in [4.78, 5) is 0. The molecule has 1 aromatic rings. The molecule has 78 valence electrons. The van der Waals surface area contributed by atoms with Crippen LogP contribution in [0.2, 0.25) is 0 Å². The van der Waals surface area contributed by atoms with E-state index in [1.165, 1.54) is 0 Å². The van der Waals surface area contributed by atoms with Crippen LogP contribution in [0, 0.1) is 0 Å². The molecule has 1 heterocycles. The first-order chi connectivity index (χ1) is 6.93. The topological polar surface area (TPSA) is 30.5 Å². The number of nitrogens with one attached hydrogen (secondary N) is 1. The van der Waals surface area contributed by atoms with Gasteiger partial charge in [0.05, 0.1) is 19.4 Å². The van der Waals surface area contributed by atoms with Crippen molar-refractivity contribution in [3.63, 3.8) is 0 Å². The van der Waals surface area contributed by atoms with Crippen LogP contribution >= 0.6 is 0 Å². The van der Waals surface area contributed by atoms with Gasteiger partial charge in [-0.25, -0.2) is 0 Å². The average Bonchev–Trinajstić information content (AvgIpc) is 2.75. The zero-order valence-electron chi connectivity index (χ0n) is 8.48. The molecule has 0 saturated carbocycles. The summed E-state index contributed by atoms with van der Waals surface area (Å²) < 4.78 is 10.0. The monoisotopic (exact) mass is 195 g/mol. The van der Waals surface area contributed by atoms with Crippen LogP contribution in [0.3, 0.4) is 0 Å². The molecule has 1 N–H and O–H groups in total. The SMILES string of the molecule is COCC1CNCO1.c1ccccc1. The summed E-state index contributed by atoms with van der Waals surface area (Å²) in [5.74, 6) is 0. The largest absolute Gasteiger partial charge is 0.382 e. The van der Waals surface area contributed by atoms with Crippen LogP contribution in [0.4, 0.5) is 0 Å². The number of hydrogen-bond donors (Lipinski definition) is 1. The van der Waals surface area contributed by atoms with E-state index < -0.39 is 0 Å². The van der Waals surface area contributed by atoms with Crippen molar-refractivity contribution < 1.29 is 9.47 Å². The van der Waals surface area contributed by atoms with Gasteiger partial charge in [-0.15, -0.1) is 0 Å². The number of benzene rings is 1. The Labute approximate surface area is 85.0 Å². The Morgan fingerprint density at radius 3 is 2.14 bits per heavy atom. The van der Waals surface area contributed by atoms with E-state index in [2.05, 4.69) is 5.32 Å². The molecule has 1 unspecified atom stereocenters. The summed E-state index contributed by atoms with van der Waals surface area (Å²) in [6.07, 6.45) is 0.278. The molecule has 1 fully saturated rings. The smallest absolute Gasteiger partial charge is 0.0971 e. The lowest BCUT2D eigenvalue weighted by Gasteiger charge is -2.03. The minimum atomic E-state index is 0.278. The van der Waals surface area contributed by atoms with Gasteiger partial charge >= 0.3 is 0 Å². The Balaban J connectivity index is 0.000000146. The molecule has 0 radical (unpaired) electrons. The van der Waals surface area contributed by atoms with E-state index in [-0.39, 0.29) is 6.10 Å². The Kier molecular flexibility index (Phi) is 5.99. The van der Waals surface area contributed by atoms with Crippen molar-refractivity contribution in [1.82, 2.24) is 5.32 Å². The van der Waals surface area contributed by atoms with Crippen molar-refractivity contribution >= 4 is 0 Å². The summed E-state index contributed by atoms with van der Waals surface area (Å²) >= 11 is 0. The second-order valence-electron chi connectivity index (χ2n) is 3.00. The second kappa shape index (κ2) is 7.50. The van der Waals surface area contributed by atoms with Crippen molar-refractivity contribution in [1.29, 1.82) is 0 Å². The minimum absolute atomic E-state index is 0.278. The average molecular weight is 195 g/mol. The zero-order chi connectivity index (χ0) is 10.1. The van der Waals surface area contributed by atoms with Crippen molar-refractivity contribution in [3.05, 3.63) is 36.4 Å². The molecule has 0 aromatic heterocycles. The summed E-state index contributed by atoms with van der Waals surface area (Å²) in [6, 6.07) is 12.0. The second-order valence-corrected chi connectivity index (χ2v) is 3.00. The number of rotatable bonds is 2. The third kappa shape index (κ3) is 4.97. The van der Waals surface area contributed by atoms with Gasteiger partial charge in [0.15, 0.2) is 0 Å². The fraction of sp³-hybridized carbons (Fsp3) is 0.455. The lowest BCUT2D eigenvalue weighted by Crippen LogP contribution is -2.18. The van der Waals surface area contributed by atoms with Crippen LogP contribution in [0.25, 0.3) is 0 Å². The Morgan fingerprint density at radius 2 is 1.79 bits per heavy atom. The first-order valence-electron chi connectivity index (χ1n) is 4.74. The highest BCUT2D eigenvalue weighted by molar-refractivity contribution is 4.99. The minimum Gasteiger partial charge on any atom is -0.382 e. The lowest BCUT2D eigenvalue weighted by atomic mass is 10.4. The molecule has 14 heavy (non-hydrogen) atoms. The predicted molar refractivity (Wildman–Crippen MR) is 56.1 cm³/mol. The maximum Gasteiger partial charge on any atom is 0.0971 e.